The molecule has 1 aromatic heterocycles. The zero-order valence-corrected chi connectivity index (χ0v) is 20.3. The van der Waals surface area contributed by atoms with E-state index in [1.54, 1.807) is 30.1 Å². The first-order valence-corrected chi connectivity index (χ1v) is 12.4. The molecule has 2 amide bonds. The SMILES string of the molecule is CCOc1cccc2c1OC[C@@H]1CN(CC(C)(C)O)C(=O)CCN(C(=O)Cc3cccs3)[C@H]21. The summed E-state index contributed by atoms with van der Waals surface area (Å²) in [4.78, 5) is 31.1. The highest BCUT2D eigenvalue weighted by atomic mass is 32.1. The van der Waals surface area contributed by atoms with Gasteiger partial charge in [-0.2, -0.15) is 0 Å². The molecule has 3 heterocycles. The van der Waals surface area contributed by atoms with Crippen molar-refractivity contribution in [2.24, 2.45) is 5.92 Å². The van der Waals surface area contributed by atoms with Crippen LogP contribution >= 0.6 is 11.3 Å². The van der Waals surface area contributed by atoms with Gasteiger partial charge in [-0.3, -0.25) is 9.59 Å². The van der Waals surface area contributed by atoms with Crippen LogP contribution in [0.2, 0.25) is 0 Å². The molecule has 0 aliphatic carbocycles. The van der Waals surface area contributed by atoms with E-state index in [1.807, 2.05) is 47.5 Å². The molecule has 33 heavy (non-hydrogen) atoms. The van der Waals surface area contributed by atoms with Crippen LogP contribution in [0.3, 0.4) is 0 Å². The minimum Gasteiger partial charge on any atom is -0.490 e. The van der Waals surface area contributed by atoms with Crippen LogP contribution < -0.4 is 9.47 Å². The van der Waals surface area contributed by atoms with Gasteiger partial charge in [0.25, 0.3) is 0 Å². The van der Waals surface area contributed by atoms with Crippen molar-refractivity contribution < 1.29 is 24.2 Å². The molecule has 0 radical (unpaired) electrons. The summed E-state index contributed by atoms with van der Waals surface area (Å²) in [5.74, 6) is 1.18. The lowest BCUT2D eigenvalue weighted by Crippen LogP contribution is -2.53. The first-order valence-electron chi connectivity index (χ1n) is 11.5. The molecule has 7 nitrogen and oxygen atoms in total. The van der Waals surface area contributed by atoms with Gasteiger partial charge < -0.3 is 24.4 Å². The van der Waals surface area contributed by atoms with Crippen molar-refractivity contribution in [3.8, 4) is 11.5 Å². The number of aliphatic hydroxyl groups is 1. The molecule has 4 rings (SSSR count). The first kappa shape index (κ1) is 23.6. The molecule has 1 N–H and O–H groups in total. The van der Waals surface area contributed by atoms with Crippen LogP contribution in [0.5, 0.6) is 11.5 Å². The predicted molar refractivity (Wildman–Crippen MR) is 127 cm³/mol. The van der Waals surface area contributed by atoms with Gasteiger partial charge in [-0.1, -0.05) is 18.2 Å². The van der Waals surface area contributed by atoms with E-state index in [9.17, 15) is 14.7 Å². The number of nitrogens with zero attached hydrogens (tertiary/aromatic N) is 2. The van der Waals surface area contributed by atoms with Crippen molar-refractivity contribution in [1.29, 1.82) is 0 Å². The second-order valence-electron chi connectivity index (χ2n) is 9.30. The molecular weight excluding hydrogens is 440 g/mol. The number of rotatable bonds is 6. The van der Waals surface area contributed by atoms with E-state index in [1.165, 1.54) is 0 Å². The van der Waals surface area contributed by atoms with Crippen molar-refractivity contribution in [2.45, 2.75) is 45.3 Å². The normalized spacial score (nSPS) is 20.9. The van der Waals surface area contributed by atoms with Gasteiger partial charge in [-0.25, -0.2) is 0 Å². The fourth-order valence-corrected chi connectivity index (χ4v) is 5.46. The Hall–Kier alpha value is -2.58. The number of β-amino-alcohol motifs (C(OH)–C–C–N with tert-alkyl or cyclic N) is 1. The minimum absolute atomic E-state index is 0.00542. The van der Waals surface area contributed by atoms with Crippen LogP contribution in [0.15, 0.2) is 35.7 Å². The van der Waals surface area contributed by atoms with Gasteiger partial charge in [0.15, 0.2) is 11.5 Å². The number of fused-ring (bicyclic) bond motifs is 3. The maximum atomic E-state index is 13.5. The summed E-state index contributed by atoms with van der Waals surface area (Å²) in [6.45, 7) is 7.19. The van der Waals surface area contributed by atoms with Crippen LogP contribution in [0.1, 0.15) is 43.7 Å². The van der Waals surface area contributed by atoms with E-state index in [-0.39, 0.29) is 36.7 Å². The number of carbonyl (C=O) groups is 2. The van der Waals surface area contributed by atoms with Gasteiger partial charge in [0, 0.05) is 42.4 Å². The van der Waals surface area contributed by atoms with Crippen molar-refractivity contribution in [2.75, 3.05) is 32.8 Å². The Morgan fingerprint density at radius 3 is 2.82 bits per heavy atom. The summed E-state index contributed by atoms with van der Waals surface area (Å²) in [6.07, 6.45) is 0.528. The Morgan fingerprint density at radius 1 is 1.30 bits per heavy atom. The second-order valence-corrected chi connectivity index (χ2v) is 10.3. The van der Waals surface area contributed by atoms with E-state index < -0.39 is 5.60 Å². The molecular formula is C25H32N2O5S. The van der Waals surface area contributed by atoms with Crippen LogP contribution in [-0.4, -0.2) is 65.2 Å². The highest BCUT2D eigenvalue weighted by Gasteiger charge is 2.42. The highest BCUT2D eigenvalue weighted by molar-refractivity contribution is 7.10. The van der Waals surface area contributed by atoms with Gasteiger partial charge in [-0.15, -0.1) is 11.3 Å². The van der Waals surface area contributed by atoms with Gasteiger partial charge >= 0.3 is 0 Å². The van der Waals surface area contributed by atoms with Crippen molar-refractivity contribution >= 4 is 23.2 Å². The fourth-order valence-electron chi connectivity index (χ4n) is 4.76. The second kappa shape index (κ2) is 9.73. The van der Waals surface area contributed by atoms with Crippen LogP contribution in [-0.2, 0) is 16.0 Å². The maximum Gasteiger partial charge on any atom is 0.228 e. The quantitative estimate of drug-likeness (QED) is 0.698. The summed E-state index contributed by atoms with van der Waals surface area (Å²) in [5.41, 5.74) is -0.0940. The summed E-state index contributed by atoms with van der Waals surface area (Å²) < 4.78 is 12.0. The Kier molecular flexibility index (Phi) is 6.95. The number of thiophene rings is 1. The van der Waals surface area contributed by atoms with Crippen LogP contribution in [0, 0.1) is 5.92 Å². The molecule has 0 bridgehead atoms. The van der Waals surface area contributed by atoms with Crippen molar-refractivity contribution in [3.63, 3.8) is 0 Å². The molecule has 178 valence electrons. The third kappa shape index (κ3) is 5.33. The molecule has 2 aliphatic rings. The van der Waals surface area contributed by atoms with Crippen molar-refractivity contribution in [3.05, 3.63) is 46.2 Å². The Balaban J connectivity index is 1.71. The molecule has 2 atom stereocenters. The fraction of sp³-hybridized carbons (Fsp3) is 0.520. The zero-order valence-electron chi connectivity index (χ0n) is 19.5. The van der Waals surface area contributed by atoms with Gasteiger partial charge in [0.2, 0.25) is 11.8 Å². The lowest BCUT2D eigenvalue weighted by atomic mass is 9.86. The lowest BCUT2D eigenvalue weighted by Gasteiger charge is -2.45. The summed E-state index contributed by atoms with van der Waals surface area (Å²) in [6, 6.07) is 9.47. The van der Waals surface area contributed by atoms with Crippen LogP contribution in [0.25, 0.3) is 0 Å². The largest absolute Gasteiger partial charge is 0.490 e. The number of hydrogen-bond acceptors (Lipinski definition) is 6. The predicted octanol–water partition coefficient (Wildman–Crippen LogP) is 3.27. The van der Waals surface area contributed by atoms with Gasteiger partial charge in [0.1, 0.15) is 0 Å². The van der Waals surface area contributed by atoms with Crippen molar-refractivity contribution in [1.82, 2.24) is 9.80 Å². The molecule has 1 aromatic carbocycles. The number of para-hydroxylation sites is 1. The topological polar surface area (TPSA) is 79.3 Å². The Bertz CT molecular complexity index is 985. The number of hydrogen-bond donors (Lipinski definition) is 1. The molecule has 2 aromatic rings. The smallest absolute Gasteiger partial charge is 0.228 e. The number of amides is 2. The molecule has 8 heteroatoms. The maximum absolute atomic E-state index is 13.5. The van der Waals surface area contributed by atoms with E-state index >= 15 is 0 Å². The molecule has 1 saturated heterocycles. The van der Waals surface area contributed by atoms with Gasteiger partial charge in [-0.05, 0) is 38.3 Å². The van der Waals surface area contributed by atoms with E-state index in [4.69, 9.17) is 9.47 Å². The molecule has 2 aliphatic heterocycles. The Morgan fingerprint density at radius 2 is 2.12 bits per heavy atom. The third-order valence-electron chi connectivity index (χ3n) is 6.03. The van der Waals surface area contributed by atoms with Gasteiger partial charge in [0.05, 0.1) is 31.3 Å². The summed E-state index contributed by atoms with van der Waals surface area (Å²) in [5, 5.41) is 12.3. The molecule has 0 spiro atoms. The third-order valence-corrected chi connectivity index (χ3v) is 6.91. The number of carbonyl (C=O) groups excluding carboxylic acids is 2. The summed E-state index contributed by atoms with van der Waals surface area (Å²) >= 11 is 1.56. The average Bonchev–Trinajstić information content (AvgIpc) is 3.25. The molecule has 1 fully saturated rings. The Labute approximate surface area is 198 Å². The van der Waals surface area contributed by atoms with E-state index in [0.29, 0.717) is 44.2 Å². The van der Waals surface area contributed by atoms with E-state index in [2.05, 4.69) is 0 Å². The monoisotopic (exact) mass is 472 g/mol. The van der Waals surface area contributed by atoms with E-state index in [0.717, 1.165) is 10.4 Å². The molecule has 0 saturated carbocycles. The average molecular weight is 473 g/mol. The molecule has 0 unspecified atom stereocenters. The standard InChI is InChI=1S/C25H32N2O5S/c1-4-31-20-9-5-8-19-23-17(15-32-24(19)20)14-26(16-25(2,3)30)21(28)10-11-27(23)22(29)13-18-7-6-12-33-18/h5-9,12,17,23,30H,4,10-11,13-16H2,1-3H3/t17-,23-/m0/s1. The zero-order chi connectivity index (χ0) is 23.6. The highest BCUT2D eigenvalue weighted by Crippen LogP contribution is 2.45. The first-order chi connectivity index (χ1) is 15.8. The summed E-state index contributed by atoms with van der Waals surface area (Å²) in [7, 11) is 0. The lowest BCUT2D eigenvalue weighted by molar-refractivity contribution is -0.144. The minimum atomic E-state index is -1.01. The number of ether oxygens (including phenoxy) is 2. The van der Waals surface area contributed by atoms with Crippen LogP contribution in [0.4, 0.5) is 0 Å². The number of benzene rings is 1.